The number of thioether (sulfide) groups is 1. The molecule has 1 unspecified atom stereocenters. The molecule has 0 radical (unpaired) electrons. The second-order valence-electron chi connectivity index (χ2n) is 6.73. The van der Waals surface area contributed by atoms with Crippen molar-refractivity contribution in [2.75, 3.05) is 25.2 Å². The highest BCUT2D eigenvalue weighted by molar-refractivity contribution is 7.99. The molecule has 4 rings (SSSR count). The summed E-state index contributed by atoms with van der Waals surface area (Å²) in [7, 11) is 1.62. The quantitative estimate of drug-likeness (QED) is 0.447. The van der Waals surface area contributed by atoms with Gasteiger partial charge in [-0.25, -0.2) is 9.97 Å². The van der Waals surface area contributed by atoms with Crippen LogP contribution in [0.25, 0.3) is 10.2 Å². The van der Waals surface area contributed by atoms with Gasteiger partial charge in [-0.2, -0.15) is 0 Å². The molecule has 0 aliphatic heterocycles. The summed E-state index contributed by atoms with van der Waals surface area (Å²) in [6.45, 7) is 0.199. The minimum atomic E-state index is -0.635. The SMILES string of the molecule is COc1ccc(OCC(O)CSc2nc(N)c3c4c(sc3n2)CCCC4)cc1. The summed E-state index contributed by atoms with van der Waals surface area (Å²) in [5.41, 5.74) is 7.58. The van der Waals surface area contributed by atoms with Gasteiger partial charge >= 0.3 is 0 Å². The average Bonchev–Trinajstić information content (AvgIpc) is 3.10. The predicted molar refractivity (Wildman–Crippen MR) is 114 cm³/mol. The maximum absolute atomic E-state index is 10.2. The monoisotopic (exact) mass is 417 g/mol. The smallest absolute Gasteiger partial charge is 0.190 e. The molecule has 0 saturated carbocycles. The zero-order valence-electron chi connectivity index (χ0n) is 15.7. The summed E-state index contributed by atoms with van der Waals surface area (Å²) in [6, 6.07) is 7.27. The van der Waals surface area contributed by atoms with Gasteiger partial charge < -0.3 is 20.3 Å². The molecule has 3 aromatic rings. The fourth-order valence-electron chi connectivity index (χ4n) is 3.31. The van der Waals surface area contributed by atoms with Gasteiger partial charge in [-0.15, -0.1) is 11.3 Å². The Morgan fingerprint density at radius 1 is 1.18 bits per heavy atom. The number of methoxy groups -OCH3 is 1. The summed E-state index contributed by atoms with van der Waals surface area (Å²) in [6.07, 6.45) is 3.98. The maximum Gasteiger partial charge on any atom is 0.190 e. The molecule has 8 heteroatoms. The van der Waals surface area contributed by atoms with E-state index in [4.69, 9.17) is 15.2 Å². The number of hydrogen-bond acceptors (Lipinski definition) is 8. The summed E-state index contributed by atoms with van der Waals surface area (Å²) >= 11 is 3.13. The number of nitrogens with two attached hydrogens (primary N) is 1. The van der Waals surface area contributed by atoms with E-state index < -0.39 is 6.10 Å². The third-order valence-electron chi connectivity index (χ3n) is 4.73. The van der Waals surface area contributed by atoms with E-state index in [-0.39, 0.29) is 6.61 Å². The molecule has 1 aliphatic rings. The van der Waals surface area contributed by atoms with Crippen LogP contribution in [0.3, 0.4) is 0 Å². The highest BCUT2D eigenvalue weighted by Crippen LogP contribution is 2.38. The lowest BCUT2D eigenvalue weighted by atomic mass is 9.97. The van der Waals surface area contributed by atoms with Gasteiger partial charge in [0, 0.05) is 10.6 Å². The Hall–Kier alpha value is -2.03. The second kappa shape index (κ2) is 8.55. The van der Waals surface area contributed by atoms with Gasteiger partial charge in [0.2, 0.25) is 0 Å². The van der Waals surface area contributed by atoms with Crippen molar-refractivity contribution in [3.05, 3.63) is 34.7 Å². The van der Waals surface area contributed by atoms with Gasteiger partial charge in [0.15, 0.2) is 5.16 Å². The molecule has 2 heterocycles. The number of fused-ring (bicyclic) bond motifs is 3. The van der Waals surface area contributed by atoms with Crippen LogP contribution in [0, 0.1) is 0 Å². The van der Waals surface area contributed by atoms with Crippen LogP contribution < -0.4 is 15.2 Å². The summed E-state index contributed by atoms with van der Waals surface area (Å²) in [5.74, 6) is 2.45. The van der Waals surface area contributed by atoms with Crippen LogP contribution in [0.4, 0.5) is 5.82 Å². The summed E-state index contributed by atoms with van der Waals surface area (Å²) < 4.78 is 10.7. The normalized spacial score (nSPS) is 14.6. The number of thiophene rings is 1. The fraction of sp³-hybridized carbons (Fsp3) is 0.400. The molecule has 3 N–H and O–H groups in total. The molecule has 1 aromatic carbocycles. The molecule has 28 heavy (non-hydrogen) atoms. The molecule has 1 atom stereocenters. The number of benzene rings is 1. The summed E-state index contributed by atoms with van der Waals surface area (Å²) in [4.78, 5) is 11.5. The van der Waals surface area contributed by atoms with E-state index in [1.165, 1.54) is 35.0 Å². The van der Waals surface area contributed by atoms with Crippen LogP contribution in [0.1, 0.15) is 23.3 Å². The number of rotatable bonds is 7. The van der Waals surface area contributed by atoms with E-state index in [0.29, 0.717) is 22.5 Å². The zero-order valence-corrected chi connectivity index (χ0v) is 17.3. The van der Waals surface area contributed by atoms with Gasteiger partial charge in [-0.3, -0.25) is 0 Å². The van der Waals surface area contributed by atoms with Crippen molar-refractivity contribution < 1.29 is 14.6 Å². The van der Waals surface area contributed by atoms with Crippen molar-refractivity contribution in [2.24, 2.45) is 0 Å². The molecule has 0 saturated heterocycles. The molecule has 2 aromatic heterocycles. The molecule has 1 aliphatic carbocycles. The minimum Gasteiger partial charge on any atom is -0.497 e. The largest absolute Gasteiger partial charge is 0.497 e. The molecule has 0 bridgehead atoms. The Bertz CT molecular complexity index is 959. The summed E-state index contributed by atoms with van der Waals surface area (Å²) in [5, 5.41) is 11.9. The van der Waals surface area contributed by atoms with Gasteiger partial charge in [-0.1, -0.05) is 11.8 Å². The number of hydrogen-bond donors (Lipinski definition) is 2. The number of ether oxygens (including phenoxy) is 2. The fourth-order valence-corrected chi connectivity index (χ4v) is 5.40. The number of aromatic nitrogens is 2. The molecule has 0 amide bonds. The first-order valence-corrected chi connectivity index (χ1v) is 11.1. The van der Waals surface area contributed by atoms with E-state index in [2.05, 4.69) is 9.97 Å². The van der Waals surface area contributed by atoms with Crippen molar-refractivity contribution in [1.29, 1.82) is 0 Å². The predicted octanol–water partition coefficient (Wildman–Crippen LogP) is 3.69. The van der Waals surface area contributed by atoms with Crippen LogP contribution in [0.15, 0.2) is 29.4 Å². The van der Waals surface area contributed by atoms with Gasteiger partial charge in [0.25, 0.3) is 0 Å². The van der Waals surface area contributed by atoms with E-state index in [1.54, 1.807) is 18.4 Å². The van der Waals surface area contributed by atoms with Crippen LogP contribution in [-0.4, -0.2) is 40.6 Å². The van der Waals surface area contributed by atoms with Crippen molar-refractivity contribution in [3.8, 4) is 11.5 Å². The lowest BCUT2D eigenvalue weighted by Gasteiger charge is -2.12. The Balaban J connectivity index is 1.36. The first-order valence-electron chi connectivity index (χ1n) is 9.29. The minimum absolute atomic E-state index is 0.199. The number of nitrogens with zero attached hydrogens (tertiary/aromatic N) is 2. The lowest BCUT2D eigenvalue weighted by Crippen LogP contribution is -2.20. The molecular weight excluding hydrogens is 394 g/mol. The van der Waals surface area contributed by atoms with Crippen LogP contribution in [-0.2, 0) is 12.8 Å². The maximum atomic E-state index is 10.2. The second-order valence-corrected chi connectivity index (χ2v) is 8.80. The van der Waals surface area contributed by atoms with Gasteiger partial charge in [0.05, 0.1) is 18.6 Å². The van der Waals surface area contributed by atoms with Crippen molar-refractivity contribution in [2.45, 2.75) is 36.9 Å². The van der Waals surface area contributed by atoms with Crippen LogP contribution in [0.2, 0.25) is 0 Å². The molecule has 0 spiro atoms. The topological polar surface area (TPSA) is 90.5 Å². The first-order chi connectivity index (χ1) is 13.6. The van der Waals surface area contributed by atoms with E-state index in [1.807, 2.05) is 24.3 Å². The average molecular weight is 418 g/mol. The highest BCUT2D eigenvalue weighted by Gasteiger charge is 2.20. The number of aryl methyl sites for hydroxylation is 2. The van der Waals surface area contributed by atoms with Crippen LogP contribution >= 0.6 is 23.1 Å². The Morgan fingerprint density at radius 3 is 2.71 bits per heavy atom. The number of nitrogen functional groups attached to an aromatic ring is 1. The standard InChI is InChI=1S/C20H23N3O3S2/c1-25-13-6-8-14(9-7-13)26-10-12(24)11-27-20-22-18(21)17-15-4-2-3-5-16(15)28-19(17)23-20/h6-9,12,24H,2-5,10-11H2,1H3,(H2,21,22,23). The van der Waals surface area contributed by atoms with E-state index in [9.17, 15) is 5.11 Å². The Labute approximate surface area is 172 Å². The molecule has 0 fully saturated rings. The molecule has 148 valence electrons. The third-order valence-corrected chi connectivity index (χ3v) is 6.91. The Kier molecular flexibility index (Phi) is 5.89. The first kappa shape index (κ1) is 19.3. The van der Waals surface area contributed by atoms with Crippen LogP contribution in [0.5, 0.6) is 11.5 Å². The van der Waals surface area contributed by atoms with Gasteiger partial charge in [0.1, 0.15) is 28.8 Å². The number of aliphatic hydroxyl groups excluding tert-OH is 1. The number of aliphatic hydroxyl groups is 1. The Morgan fingerprint density at radius 2 is 1.93 bits per heavy atom. The number of anilines is 1. The lowest BCUT2D eigenvalue weighted by molar-refractivity contribution is 0.126. The van der Waals surface area contributed by atoms with Crippen molar-refractivity contribution >= 4 is 39.1 Å². The van der Waals surface area contributed by atoms with Crippen molar-refractivity contribution in [1.82, 2.24) is 9.97 Å². The third kappa shape index (κ3) is 4.19. The highest BCUT2D eigenvalue weighted by atomic mass is 32.2. The van der Waals surface area contributed by atoms with Crippen molar-refractivity contribution in [3.63, 3.8) is 0 Å². The van der Waals surface area contributed by atoms with E-state index in [0.717, 1.165) is 28.8 Å². The van der Waals surface area contributed by atoms with E-state index >= 15 is 0 Å². The van der Waals surface area contributed by atoms with Gasteiger partial charge in [-0.05, 0) is 55.5 Å². The molecule has 6 nitrogen and oxygen atoms in total. The zero-order chi connectivity index (χ0) is 19.5. The molecular formula is C20H23N3O3S2.